The lowest BCUT2D eigenvalue weighted by molar-refractivity contribution is -0.415. The smallest absolute Gasteiger partial charge is 0.169 e. The van der Waals surface area contributed by atoms with E-state index < -0.39 is 0 Å². The maximum atomic E-state index is 5.55. The average Bonchev–Trinajstić information content (AvgIpc) is 2.91. The van der Waals surface area contributed by atoms with E-state index >= 15 is 0 Å². The predicted molar refractivity (Wildman–Crippen MR) is 60.9 cm³/mol. The number of furan rings is 1. The van der Waals surface area contributed by atoms with Crippen molar-refractivity contribution in [2.24, 2.45) is 0 Å². The molecule has 3 rings (SSSR count). The van der Waals surface area contributed by atoms with Crippen molar-refractivity contribution in [1.82, 2.24) is 0 Å². The molecule has 17 heavy (non-hydrogen) atoms. The van der Waals surface area contributed by atoms with E-state index in [-0.39, 0.29) is 6.04 Å². The van der Waals surface area contributed by atoms with Gasteiger partial charge in [-0.1, -0.05) is 0 Å². The van der Waals surface area contributed by atoms with Crippen LogP contribution in [0, 0.1) is 0 Å². The van der Waals surface area contributed by atoms with Crippen LogP contribution in [0.2, 0.25) is 0 Å². The molecule has 0 amide bonds. The van der Waals surface area contributed by atoms with Crippen molar-refractivity contribution in [3.8, 4) is 11.5 Å². The average molecular weight is 232 g/mol. The molecule has 1 aromatic heterocycles. The third-order valence-corrected chi connectivity index (χ3v) is 2.86. The molecule has 0 bridgehead atoms. The van der Waals surface area contributed by atoms with Crippen LogP contribution in [0.5, 0.6) is 11.5 Å². The fraction of sp³-hybridized carbons (Fsp3) is 0.231. The molecule has 4 heteroatoms. The van der Waals surface area contributed by atoms with Crippen LogP contribution < -0.4 is 15.2 Å². The van der Waals surface area contributed by atoms with Crippen LogP contribution in [0.3, 0.4) is 0 Å². The topological polar surface area (TPSA) is 59.2 Å². The Kier molecular flexibility index (Phi) is 2.49. The largest absolute Gasteiger partial charge is 0.486 e. The summed E-state index contributed by atoms with van der Waals surface area (Å²) in [6.45, 7) is 1.21. The van der Waals surface area contributed by atoms with E-state index in [0.29, 0.717) is 13.2 Å². The van der Waals surface area contributed by atoms with Gasteiger partial charge in [0.25, 0.3) is 0 Å². The quantitative estimate of drug-likeness (QED) is 0.851. The third-order valence-electron chi connectivity index (χ3n) is 2.86. The minimum Gasteiger partial charge on any atom is -0.486 e. The van der Waals surface area contributed by atoms with Crippen LogP contribution >= 0.6 is 0 Å². The van der Waals surface area contributed by atoms with Gasteiger partial charge in [0.05, 0.1) is 6.26 Å². The van der Waals surface area contributed by atoms with Crippen LogP contribution in [0.15, 0.2) is 41.0 Å². The molecule has 1 aromatic carbocycles. The first-order valence-electron chi connectivity index (χ1n) is 5.60. The molecule has 2 heterocycles. The van der Waals surface area contributed by atoms with E-state index in [1.165, 1.54) is 0 Å². The number of hydrogen-bond donors (Lipinski definition) is 1. The highest BCUT2D eigenvalue weighted by atomic mass is 16.6. The summed E-state index contributed by atoms with van der Waals surface area (Å²) in [7, 11) is 0. The van der Waals surface area contributed by atoms with E-state index in [9.17, 15) is 0 Å². The zero-order valence-electron chi connectivity index (χ0n) is 9.39. The molecule has 88 valence electrons. The van der Waals surface area contributed by atoms with E-state index in [2.05, 4.69) is 5.73 Å². The molecule has 0 saturated heterocycles. The molecule has 1 atom stereocenters. The Bertz CT molecular complexity index is 507. The molecular weight excluding hydrogens is 218 g/mol. The van der Waals surface area contributed by atoms with E-state index in [4.69, 9.17) is 13.9 Å². The predicted octanol–water partition coefficient (Wildman–Crippen LogP) is 1.38. The SMILES string of the molecule is [NH3+][C@H](c1ccc2c(c1)OCCO2)c1ccco1. The van der Waals surface area contributed by atoms with Crippen molar-refractivity contribution in [2.75, 3.05) is 13.2 Å². The maximum absolute atomic E-state index is 5.55. The van der Waals surface area contributed by atoms with Gasteiger partial charge in [-0.2, -0.15) is 0 Å². The monoisotopic (exact) mass is 232 g/mol. The summed E-state index contributed by atoms with van der Waals surface area (Å²) >= 11 is 0. The van der Waals surface area contributed by atoms with Gasteiger partial charge in [-0.15, -0.1) is 0 Å². The Balaban J connectivity index is 1.93. The normalized spacial score (nSPS) is 15.6. The number of fused-ring (bicyclic) bond motifs is 1. The first-order valence-corrected chi connectivity index (χ1v) is 5.60. The highest BCUT2D eigenvalue weighted by Gasteiger charge is 2.19. The molecule has 0 unspecified atom stereocenters. The van der Waals surface area contributed by atoms with Gasteiger partial charge < -0.3 is 19.6 Å². The third kappa shape index (κ3) is 1.87. The van der Waals surface area contributed by atoms with Gasteiger partial charge in [-0.05, 0) is 30.3 Å². The van der Waals surface area contributed by atoms with Crippen LogP contribution in [0.25, 0.3) is 0 Å². The first kappa shape index (κ1) is 10.2. The maximum Gasteiger partial charge on any atom is 0.169 e. The van der Waals surface area contributed by atoms with Crippen LogP contribution in [0.4, 0.5) is 0 Å². The summed E-state index contributed by atoms with van der Waals surface area (Å²) in [4.78, 5) is 0. The highest BCUT2D eigenvalue weighted by Crippen LogP contribution is 2.33. The zero-order valence-corrected chi connectivity index (χ0v) is 9.39. The molecule has 0 fully saturated rings. The van der Waals surface area contributed by atoms with Gasteiger partial charge in [0.2, 0.25) is 0 Å². The Morgan fingerprint density at radius 2 is 1.88 bits per heavy atom. The Morgan fingerprint density at radius 1 is 1.06 bits per heavy atom. The van der Waals surface area contributed by atoms with Gasteiger partial charge in [0.1, 0.15) is 13.2 Å². The summed E-state index contributed by atoms with van der Waals surface area (Å²) in [5.41, 5.74) is 5.17. The molecule has 1 aliphatic heterocycles. The standard InChI is InChI=1S/C13H13NO3/c14-13(11-2-1-5-15-11)9-3-4-10-12(8-9)17-7-6-16-10/h1-5,8,13H,6-7,14H2/p+1/t13-/m1/s1. The molecule has 0 radical (unpaired) electrons. The number of benzene rings is 1. The minimum absolute atomic E-state index is 0.0270. The lowest BCUT2D eigenvalue weighted by Gasteiger charge is -2.19. The molecule has 4 nitrogen and oxygen atoms in total. The van der Waals surface area contributed by atoms with E-state index in [1.807, 2.05) is 30.3 Å². The summed E-state index contributed by atoms with van der Waals surface area (Å²) in [5.74, 6) is 2.43. The van der Waals surface area contributed by atoms with Gasteiger partial charge in [0, 0.05) is 5.56 Å². The van der Waals surface area contributed by atoms with E-state index in [0.717, 1.165) is 22.8 Å². The van der Waals surface area contributed by atoms with Crippen molar-refractivity contribution in [3.05, 3.63) is 47.9 Å². The molecule has 0 saturated carbocycles. The lowest BCUT2D eigenvalue weighted by Crippen LogP contribution is -2.53. The Morgan fingerprint density at radius 3 is 2.65 bits per heavy atom. The Labute approximate surface area is 98.9 Å². The second-order valence-electron chi connectivity index (χ2n) is 3.97. The summed E-state index contributed by atoms with van der Waals surface area (Å²) < 4.78 is 16.4. The number of quaternary nitrogens is 1. The zero-order chi connectivity index (χ0) is 11.7. The van der Waals surface area contributed by atoms with Gasteiger partial charge in [0.15, 0.2) is 23.3 Å². The molecule has 0 spiro atoms. The van der Waals surface area contributed by atoms with E-state index in [1.54, 1.807) is 6.26 Å². The molecular formula is C13H14NO3+. The van der Waals surface area contributed by atoms with Crippen LogP contribution in [-0.2, 0) is 0 Å². The van der Waals surface area contributed by atoms with Crippen molar-refractivity contribution in [2.45, 2.75) is 6.04 Å². The number of ether oxygens (including phenoxy) is 2. The van der Waals surface area contributed by atoms with Gasteiger partial charge in [-0.25, -0.2) is 0 Å². The second kappa shape index (κ2) is 4.14. The van der Waals surface area contributed by atoms with Crippen LogP contribution in [0.1, 0.15) is 17.4 Å². The fourth-order valence-electron chi connectivity index (χ4n) is 1.93. The second-order valence-corrected chi connectivity index (χ2v) is 3.97. The van der Waals surface area contributed by atoms with Gasteiger partial charge in [-0.3, -0.25) is 0 Å². The first-order chi connectivity index (χ1) is 8.34. The minimum atomic E-state index is -0.0270. The summed E-state index contributed by atoms with van der Waals surface area (Å²) in [6, 6.07) is 9.65. The van der Waals surface area contributed by atoms with Crippen molar-refractivity contribution >= 4 is 0 Å². The Hall–Kier alpha value is -1.94. The number of hydrogen-bond acceptors (Lipinski definition) is 3. The number of rotatable bonds is 2. The molecule has 0 aliphatic carbocycles. The summed E-state index contributed by atoms with van der Waals surface area (Å²) in [6.07, 6.45) is 1.66. The van der Waals surface area contributed by atoms with Crippen molar-refractivity contribution in [1.29, 1.82) is 0 Å². The molecule has 2 aromatic rings. The molecule has 1 aliphatic rings. The van der Waals surface area contributed by atoms with Crippen LogP contribution in [-0.4, -0.2) is 13.2 Å². The van der Waals surface area contributed by atoms with Crippen molar-refractivity contribution in [3.63, 3.8) is 0 Å². The van der Waals surface area contributed by atoms with Gasteiger partial charge >= 0.3 is 0 Å². The molecule has 3 N–H and O–H groups in total. The highest BCUT2D eigenvalue weighted by molar-refractivity contribution is 5.45. The lowest BCUT2D eigenvalue weighted by atomic mass is 10.0. The fourth-order valence-corrected chi connectivity index (χ4v) is 1.93. The van der Waals surface area contributed by atoms with Crippen molar-refractivity contribution < 1.29 is 19.6 Å². The summed E-state index contributed by atoms with van der Waals surface area (Å²) in [5, 5.41) is 0.